The number of unbranched alkanes of at least 4 members (excludes halogenated alkanes) is 1. The third-order valence-electron chi connectivity index (χ3n) is 2.55. The smallest absolute Gasteiger partial charge is 0.328 e. The molecule has 0 saturated heterocycles. The fourth-order valence-electron chi connectivity index (χ4n) is 1.38. The highest BCUT2D eigenvalue weighted by Gasteiger charge is 2.17. The Labute approximate surface area is 112 Å². The second-order valence-corrected chi connectivity index (χ2v) is 4.22. The first-order chi connectivity index (χ1) is 9.04. The summed E-state index contributed by atoms with van der Waals surface area (Å²) >= 11 is 0. The molecule has 0 bridgehead atoms. The number of halogens is 1. The molecule has 0 aromatic heterocycles. The molecule has 0 fully saturated rings. The first-order valence-electron chi connectivity index (χ1n) is 6.27. The van der Waals surface area contributed by atoms with Gasteiger partial charge in [-0.25, -0.2) is 9.18 Å². The van der Waals surface area contributed by atoms with Crippen molar-refractivity contribution in [1.82, 2.24) is 5.32 Å². The number of hydrogen-bond donors (Lipinski definition) is 1. The molecule has 104 valence electrons. The molecule has 0 radical (unpaired) electrons. The highest BCUT2D eigenvalue weighted by atomic mass is 19.1. The van der Waals surface area contributed by atoms with Crippen molar-refractivity contribution in [2.24, 2.45) is 0 Å². The molecule has 19 heavy (non-hydrogen) atoms. The monoisotopic (exact) mass is 267 g/mol. The van der Waals surface area contributed by atoms with Gasteiger partial charge in [0.05, 0.1) is 6.61 Å². The quantitative estimate of drug-likeness (QED) is 0.635. The molecular formula is C14H18FNO3. The number of rotatable bonds is 6. The van der Waals surface area contributed by atoms with Gasteiger partial charge in [0.25, 0.3) is 5.91 Å². The molecule has 0 spiro atoms. The normalized spacial score (nSPS) is 11.7. The number of amides is 1. The lowest BCUT2D eigenvalue weighted by molar-refractivity contribution is -0.145. The number of hydrogen-bond acceptors (Lipinski definition) is 3. The number of benzene rings is 1. The van der Waals surface area contributed by atoms with E-state index in [1.807, 2.05) is 6.92 Å². The van der Waals surface area contributed by atoms with Gasteiger partial charge in [-0.3, -0.25) is 4.79 Å². The fourth-order valence-corrected chi connectivity index (χ4v) is 1.38. The lowest BCUT2D eigenvalue weighted by Gasteiger charge is -2.13. The van der Waals surface area contributed by atoms with Crippen LogP contribution in [-0.4, -0.2) is 24.5 Å². The van der Waals surface area contributed by atoms with Gasteiger partial charge >= 0.3 is 5.97 Å². The minimum absolute atomic E-state index is 0.301. The molecule has 4 nitrogen and oxygen atoms in total. The predicted octanol–water partition coefficient (Wildman–Crippen LogP) is 2.29. The largest absolute Gasteiger partial charge is 0.464 e. The Balaban J connectivity index is 2.47. The van der Waals surface area contributed by atoms with Crippen molar-refractivity contribution in [3.05, 3.63) is 35.6 Å². The second-order valence-electron chi connectivity index (χ2n) is 4.22. The SMILES string of the molecule is CCCCOC(=O)[C@H](C)NC(=O)c1ccc(F)cc1. The van der Waals surface area contributed by atoms with Crippen LogP contribution in [0.4, 0.5) is 4.39 Å². The standard InChI is InChI=1S/C14H18FNO3/c1-3-4-9-19-14(18)10(2)16-13(17)11-5-7-12(15)8-6-11/h5-8,10H,3-4,9H2,1-2H3,(H,16,17)/t10-/m0/s1. The van der Waals surface area contributed by atoms with Crippen molar-refractivity contribution >= 4 is 11.9 Å². The molecule has 1 N–H and O–H groups in total. The third kappa shape index (κ3) is 5.07. The van der Waals surface area contributed by atoms with E-state index < -0.39 is 23.7 Å². The molecule has 0 saturated carbocycles. The number of carbonyl (C=O) groups excluding carboxylic acids is 2. The van der Waals surface area contributed by atoms with E-state index in [0.717, 1.165) is 12.8 Å². The molecular weight excluding hydrogens is 249 g/mol. The van der Waals surface area contributed by atoms with Crippen LogP contribution >= 0.6 is 0 Å². The van der Waals surface area contributed by atoms with Gasteiger partial charge in [-0.1, -0.05) is 13.3 Å². The van der Waals surface area contributed by atoms with E-state index in [-0.39, 0.29) is 0 Å². The van der Waals surface area contributed by atoms with Crippen LogP contribution < -0.4 is 5.32 Å². The van der Waals surface area contributed by atoms with Gasteiger partial charge < -0.3 is 10.1 Å². The summed E-state index contributed by atoms with van der Waals surface area (Å²) in [7, 11) is 0. The Morgan fingerprint density at radius 1 is 1.32 bits per heavy atom. The summed E-state index contributed by atoms with van der Waals surface area (Å²) in [6, 6.07) is 4.38. The average molecular weight is 267 g/mol. The van der Waals surface area contributed by atoms with E-state index in [4.69, 9.17) is 4.74 Å². The highest BCUT2D eigenvalue weighted by molar-refractivity contribution is 5.96. The Bertz CT molecular complexity index is 431. The Morgan fingerprint density at radius 3 is 2.53 bits per heavy atom. The van der Waals surface area contributed by atoms with Crippen LogP contribution in [-0.2, 0) is 9.53 Å². The van der Waals surface area contributed by atoms with Crippen LogP contribution in [0.15, 0.2) is 24.3 Å². The van der Waals surface area contributed by atoms with Gasteiger partial charge in [-0.05, 0) is 37.6 Å². The zero-order valence-electron chi connectivity index (χ0n) is 11.1. The van der Waals surface area contributed by atoms with Gasteiger partial charge in [0.1, 0.15) is 11.9 Å². The van der Waals surface area contributed by atoms with Crippen molar-refractivity contribution in [2.45, 2.75) is 32.7 Å². The van der Waals surface area contributed by atoms with Crippen molar-refractivity contribution < 1.29 is 18.7 Å². The summed E-state index contributed by atoms with van der Waals surface area (Å²) in [5.41, 5.74) is 0.301. The van der Waals surface area contributed by atoms with Gasteiger partial charge in [-0.15, -0.1) is 0 Å². The van der Waals surface area contributed by atoms with Gasteiger partial charge in [-0.2, -0.15) is 0 Å². The van der Waals surface area contributed by atoms with E-state index in [9.17, 15) is 14.0 Å². The summed E-state index contributed by atoms with van der Waals surface area (Å²) < 4.78 is 17.7. The maximum Gasteiger partial charge on any atom is 0.328 e. The molecule has 0 aliphatic rings. The third-order valence-corrected chi connectivity index (χ3v) is 2.55. The lowest BCUT2D eigenvalue weighted by Crippen LogP contribution is -2.39. The molecule has 1 rings (SSSR count). The van der Waals surface area contributed by atoms with Crippen LogP contribution in [0.25, 0.3) is 0 Å². The van der Waals surface area contributed by atoms with Gasteiger partial charge in [0.15, 0.2) is 0 Å². The summed E-state index contributed by atoms with van der Waals surface area (Å²) in [5.74, 6) is -1.31. The van der Waals surface area contributed by atoms with Crippen LogP contribution in [0.5, 0.6) is 0 Å². The molecule has 1 aromatic carbocycles. The van der Waals surface area contributed by atoms with Crippen LogP contribution in [0.2, 0.25) is 0 Å². The maximum absolute atomic E-state index is 12.7. The van der Waals surface area contributed by atoms with E-state index in [1.54, 1.807) is 6.92 Å². The first-order valence-corrected chi connectivity index (χ1v) is 6.27. The summed E-state index contributed by atoms with van der Waals surface area (Å²) in [4.78, 5) is 23.3. The van der Waals surface area contributed by atoms with Crippen LogP contribution in [0.1, 0.15) is 37.0 Å². The molecule has 0 unspecified atom stereocenters. The predicted molar refractivity (Wildman–Crippen MR) is 69.2 cm³/mol. The summed E-state index contributed by atoms with van der Waals surface area (Å²) in [5, 5.41) is 2.51. The highest BCUT2D eigenvalue weighted by Crippen LogP contribution is 2.03. The summed E-state index contributed by atoms with van der Waals surface area (Å²) in [6.45, 7) is 3.90. The molecule has 1 aromatic rings. The lowest BCUT2D eigenvalue weighted by atomic mass is 10.2. The van der Waals surface area contributed by atoms with Crippen molar-refractivity contribution in [3.8, 4) is 0 Å². The fraction of sp³-hybridized carbons (Fsp3) is 0.429. The molecule has 5 heteroatoms. The van der Waals surface area contributed by atoms with Crippen molar-refractivity contribution in [3.63, 3.8) is 0 Å². The van der Waals surface area contributed by atoms with E-state index in [1.165, 1.54) is 24.3 Å². The van der Waals surface area contributed by atoms with Crippen molar-refractivity contribution in [2.75, 3.05) is 6.61 Å². The topological polar surface area (TPSA) is 55.4 Å². The zero-order valence-corrected chi connectivity index (χ0v) is 11.1. The minimum atomic E-state index is -0.727. The van der Waals surface area contributed by atoms with Gasteiger partial charge in [0.2, 0.25) is 0 Å². The zero-order chi connectivity index (χ0) is 14.3. The van der Waals surface area contributed by atoms with Crippen molar-refractivity contribution in [1.29, 1.82) is 0 Å². The van der Waals surface area contributed by atoms with E-state index in [0.29, 0.717) is 12.2 Å². The summed E-state index contributed by atoms with van der Waals surface area (Å²) in [6.07, 6.45) is 1.73. The molecule has 1 atom stereocenters. The number of carbonyl (C=O) groups is 2. The Hall–Kier alpha value is -1.91. The Morgan fingerprint density at radius 2 is 1.95 bits per heavy atom. The van der Waals surface area contributed by atoms with Crippen LogP contribution in [0.3, 0.4) is 0 Å². The average Bonchev–Trinajstić information content (AvgIpc) is 2.39. The molecule has 0 aliphatic heterocycles. The number of nitrogens with one attached hydrogen (secondary N) is 1. The number of ether oxygens (including phenoxy) is 1. The van der Waals surface area contributed by atoms with Crippen LogP contribution in [0, 0.1) is 5.82 Å². The maximum atomic E-state index is 12.7. The van der Waals surface area contributed by atoms with Gasteiger partial charge in [0, 0.05) is 5.56 Å². The van der Waals surface area contributed by atoms with E-state index >= 15 is 0 Å². The first kappa shape index (κ1) is 15.1. The second kappa shape index (κ2) is 7.51. The molecule has 1 amide bonds. The molecule has 0 heterocycles. The minimum Gasteiger partial charge on any atom is -0.464 e. The Kier molecular flexibility index (Phi) is 5.99. The molecule has 0 aliphatic carbocycles. The number of esters is 1. The van der Waals surface area contributed by atoms with E-state index in [2.05, 4.69) is 5.32 Å².